The normalized spacial score (nSPS) is 10.1. The van der Waals surface area contributed by atoms with Crippen LogP contribution in [0.2, 0.25) is 0 Å². The molecular weight excluding hydrogens is 274 g/mol. The molecule has 0 aliphatic carbocycles. The third-order valence-corrected chi connectivity index (χ3v) is 2.39. The molecule has 1 aromatic rings. The molecule has 0 radical (unpaired) electrons. The first-order valence-electron chi connectivity index (χ1n) is 4.95. The Kier molecular flexibility index (Phi) is 5.28. The highest BCUT2D eigenvalue weighted by molar-refractivity contribution is 9.10. The number of carbonyl (C=O) groups is 1. The van der Waals surface area contributed by atoms with E-state index in [1.807, 2.05) is 6.92 Å². The first-order valence-corrected chi connectivity index (χ1v) is 5.74. The monoisotopic (exact) mass is 287 g/mol. The number of ether oxygens (including phenoxy) is 2. The van der Waals surface area contributed by atoms with Crippen molar-refractivity contribution in [1.29, 1.82) is 0 Å². The van der Waals surface area contributed by atoms with Crippen LogP contribution in [0, 0.1) is 0 Å². The lowest BCUT2D eigenvalue weighted by Crippen LogP contribution is -2.12. The Bertz CT molecular complexity index is 368. The number of nitrogens with two attached hydrogens (primary N) is 1. The molecule has 88 valence electrons. The molecule has 1 rings (SSSR count). The van der Waals surface area contributed by atoms with Crippen molar-refractivity contribution in [2.75, 3.05) is 25.6 Å². The summed E-state index contributed by atoms with van der Waals surface area (Å²) in [5.41, 5.74) is 6.46. The van der Waals surface area contributed by atoms with Crippen molar-refractivity contribution in [2.24, 2.45) is 0 Å². The molecule has 0 amide bonds. The van der Waals surface area contributed by atoms with E-state index < -0.39 is 5.97 Å². The van der Waals surface area contributed by atoms with Gasteiger partial charge in [-0.25, -0.2) is 4.79 Å². The summed E-state index contributed by atoms with van der Waals surface area (Å²) in [6.07, 6.45) is 0. The third-order valence-electron chi connectivity index (χ3n) is 1.90. The molecule has 0 bridgehead atoms. The van der Waals surface area contributed by atoms with Crippen molar-refractivity contribution < 1.29 is 14.3 Å². The fraction of sp³-hybridized carbons (Fsp3) is 0.364. The minimum absolute atomic E-state index is 0.238. The van der Waals surface area contributed by atoms with Crippen molar-refractivity contribution >= 4 is 27.6 Å². The van der Waals surface area contributed by atoms with Gasteiger partial charge in [0.15, 0.2) is 0 Å². The lowest BCUT2D eigenvalue weighted by atomic mass is 10.2. The largest absolute Gasteiger partial charge is 0.460 e. The van der Waals surface area contributed by atoms with Crippen LogP contribution in [-0.4, -0.2) is 25.8 Å². The second-order valence-corrected chi connectivity index (χ2v) is 3.98. The number of anilines is 1. The molecule has 0 atom stereocenters. The van der Waals surface area contributed by atoms with E-state index in [4.69, 9.17) is 15.2 Å². The molecule has 0 aliphatic heterocycles. The molecule has 16 heavy (non-hydrogen) atoms. The molecule has 0 saturated carbocycles. The Morgan fingerprint density at radius 1 is 1.44 bits per heavy atom. The van der Waals surface area contributed by atoms with Crippen molar-refractivity contribution in [3.05, 3.63) is 28.2 Å². The van der Waals surface area contributed by atoms with Crippen LogP contribution in [0.3, 0.4) is 0 Å². The maximum atomic E-state index is 11.6. The molecule has 2 N–H and O–H groups in total. The zero-order valence-electron chi connectivity index (χ0n) is 9.03. The van der Waals surface area contributed by atoms with E-state index in [1.54, 1.807) is 18.2 Å². The zero-order chi connectivity index (χ0) is 12.0. The Balaban J connectivity index is 2.53. The van der Waals surface area contributed by atoms with Gasteiger partial charge in [0.1, 0.15) is 6.61 Å². The SMILES string of the molecule is CCOCCOC(=O)c1ccc(Br)cc1N. The highest BCUT2D eigenvalue weighted by atomic mass is 79.9. The minimum Gasteiger partial charge on any atom is -0.460 e. The topological polar surface area (TPSA) is 61.5 Å². The molecule has 1 aromatic carbocycles. The fourth-order valence-corrected chi connectivity index (χ4v) is 1.51. The van der Waals surface area contributed by atoms with Gasteiger partial charge >= 0.3 is 5.97 Å². The van der Waals surface area contributed by atoms with Gasteiger partial charge in [-0.15, -0.1) is 0 Å². The molecular formula is C11H14BrNO3. The highest BCUT2D eigenvalue weighted by Gasteiger charge is 2.10. The summed E-state index contributed by atoms with van der Waals surface area (Å²) >= 11 is 3.27. The Labute approximate surface area is 103 Å². The molecule has 0 unspecified atom stereocenters. The maximum absolute atomic E-state index is 11.6. The summed E-state index contributed by atoms with van der Waals surface area (Å²) in [6.45, 7) is 3.13. The Morgan fingerprint density at radius 2 is 2.19 bits per heavy atom. The van der Waals surface area contributed by atoms with Crippen LogP contribution < -0.4 is 5.73 Å². The molecule has 0 aliphatic rings. The first-order chi connectivity index (χ1) is 7.65. The number of esters is 1. The minimum atomic E-state index is -0.426. The molecule has 0 saturated heterocycles. The van der Waals surface area contributed by atoms with Crippen molar-refractivity contribution in [1.82, 2.24) is 0 Å². The van der Waals surface area contributed by atoms with Gasteiger partial charge in [-0.05, 0) is 25.1 Å². The van der Waals surface area contributed by atoms with Crippen LogP contribution >= 0.6 is 15.9 Å². The van der Waals surface area contributed by atoms with Gasteiger partial charge in [0, 0.05) is 16.8 Å². The number of rotatable bonds is 5. The molecule has 4 nitrogen and oxygen atoms in total. The van der Waals surface area contributed by atoms with Crippen LogP contribution in [0.5, 0.6) is 0 Å². The van der Waals surface area contributed by atoms with E-state index in [0.29, 0.717) is 24.5 Å². The fourth-order valence-electron chi connectivity index (χ4n) is 1.13. The van der Waals surface area contributed by atoms with Crippen LogP contribution in [0.25, 0.3) is 0 Å². The summed E-state index contributed by atoms with van der Waals surface area (Å²) < 4.78 is 10.9. The lowest BCUT2D eigenvalue weighted by molar-refractivity contribution is 0.0336. The van der Waals surface area contributed by atoms with Gasteiger partial charge in [-0.1, -0.05) is 15.9 Å². The van der Waals surface area contributed by atoms with Crippen LogP contribution in [-0.2, 0) is 9.47 Å². The zero-order valence-corrected chi connectivity index (χ0v) is 10.6. The van der Waals surface area contributed by atoms with Gasteiger partial charge in [-0.2, -0.15) is 0 Å². The number of hydrogen-bond donors (Lipinski definition) is 1. The van der Waals surface area contributed by atoms with E-state index in [2.05, 4.69) is 15.9 Å². The first kappa shape index (κ1) is 13.0. The van der Waals surface area contributed by atoms with E-state index in [1.165, 1.54) is 0 Å². The standard InChI is InChI=1S/C11H14BrNO3/c1-2-15-5-6-16-11(14)9-4-3-8(12)7-10(9)13/h3-4,7H,2,5-6,13H2,1H3. The van der Waals surface area contributed by atoms with Gasteiger partial charge in [0.2, 0.25) is 0 Å². The molecule has 0 heterocycles. The van der Waals surface area contributed by atoms with Crippen LogP contribution in [0.1, 0.15) is 17.3 Å². The summed E-state index contributed by atoms with van der Waals surface area (Å²) in [6, 6.07) is 5.04. The highest BCUT2D eigenvalue weighted by Crippen LogP contribution is 2.19. The number of nitrogen functional groups attached to an aromatic ring is 1. The average Bonchev–Trinajstić information content (AvgIpc) is 2.24. The number of halogens is 1. The van der Waals surface area contributed by atoms with E-state index >= 15 is 0 Å². The second-order valence-electron chi connectivity index (χ2n) is 3.06. The maximum Gasteiger partial charge on any atom is 0.340 e. The molecule has 5 heteroatoms. The van der Waals surface area contributed by atoms with Gasteiger partial charge in [0.05, 0.1) is 12.2 Å². The number of benzene rings is 1. The molecule has 0 aromatic heterocycles. The van der Waals surface area contributed by atoms with E-state index in [9.17, 15) is 4.79 Å². The average molecular weight is 288 g/mol. The van der Waals surface area contributed by atoms with Crippen LogP contribution in [0.15, 0.2) is 22.7 Å². The summed E-state index contributed by atoms with van der Waals surface area (Å²) in [5, 5.41) is 0. The summed E-state index contributed by atoms with van der Waals surface area (Å²) in [5.74, 6) is -0.426. The number of hydrogen-bond acceptors (Lipinski definition) is 4. The quantitative estimate of drug-likeness (QED) is 0.512. The second kappa shape index (κ2) is 6.50. The van der Waals surface area contributed by atoms with E-state index in [0.717, 1.165) is 4.47 Å². The third kappa shape index (κ3) is 3.83. The van der Waals surface area contributed by atoms with E-state index in [-0.39, 0.29) is 6.61 Å². The Hall–Kier alpha value is -1.07. The van der Waals surface area contributed by atoms with Gasteiger partial charge < -0.3 is 15.2 Å². The Morgan fingerprint density at radius 3 is 2.81 bits per heavy atom. The van der Waals surface area contributed by atoms with Gasteiger partial charge in [0.25, 0.3) is 0 Å². The predicted molar refractivity (Wildman–Crippen MR) is 65.3 cm³/mol. The molecule has 0 spiro atoms. The van der Waals surface area contributed by atoms with Crippen molar-refractivity contribution in [3.63, 3.8) is 0 Å². The molecule has 0 fully saturated rings. The summed E-state index contributed by atoms with van der Waals surface area (Å²) in [7, 11) is 0. The van der Waals surface area contributed by atoms with Crippen molar-refractivity contribution in [2.45, 2.75) is 6.92 Å². The smallest absolute Gasteiger partial charge is 0.340 e. The van der Waals surface area contributed by atoms with Crippen LogP contribution in [0.4, 0.5) is 5.69 Å². The lowest BCUT2D eigenvalue weighted by Gasteiger charge is -2.07. The summed E-state index contributed by atoms with van der Waals surface area (Å²) in [4.78, 5) is 11.6. The predicted octanol–water partition coefficient (Wildman–Crippen LogP) is 2.22. The number of carbonyl (C=O) groups excluding carboxylic acids is 1. The van der Waals surface area contributed by atoms with Gasteiger partial charge in [-0.3, -0.25) is 0 Å². The van der Waals surface area contributed by atoms with Crippen molar-refractivity contribution in [3.8, 4) is 0 Å².